The molecule has 0 aliphatic carbocycles. The molecule has 0 aromatic heterocycles. The third-order valence-electron chi connectivity index (χ3n) is 2.06. The molecule has 0 radical (unpaired) electrons. The van der Waals surface area contributed by atoms with Gasteiger partial charge in [-0.2, -0.15) is 0 Å². The molecule has 0 spiro atoms. The monoisotopic (exact) mass is 199 g/mol. The van der Waals surface area contributed by atoms with E-state index in [0.29, 0.717) is 0 Å². The van der Waals surface area contributed by atoms with E-state index >= 15 is 0 Å². The third-order valence-corrected chi connectivity index (χ3v) is 2.06. The molecular weight excluding hydrogens is 170 g/mol. The summed E-state index contributed by atoms with van der Waals surface area (Å²) in [6.07, 6.45) is 12.7. The smallest absolute Gasteiger partial charge is 0.00773 e. The fourth-order valence-corrected chi connectivity index (χ4v) is 1.28. The lowest BCUT2D eigenvalue weighted by molar-refractivity contribution is 0.578. The second-order valence-corrected chi connectivity index (χ2v) is 3.67. The van der Waals surface area contributed by atoms with Crippen LogP contribution in [0.1, 0.15) is 65.2 Å². The molecule has 0 aliphatic rings. The zero-order valence-corrected chi connectivity index (χ0v) is 10.2. The third kappa shape index (κ3) is 22.6. The summed E-state index contributed by atoms with van der Waals surface area (Å²) in [7, 11) is 0. The van der Waals surface area contributed by atoms with Crippen LogP contribution in [0.4, 0.5) is 0 Å². The van der Waals surface area contributed by atoms with Crippen molar-refractivity contribution < 1.29 is 0 Å². The van der Waals surface area contributed by atoms with E-state index in [9.17, 15) is 0 Å². The summed E-state index contributed by atoms with van der Waals surface area (Å²) in [6, 6.07) is 0. The number of hydrogen-bond donors (Lipinski definition) is 1. The Morgan fingerprint density at radius 3 is 1.64 bits per heavy atom. The number of unbranched alkanes of at least 4 members (excludes halogenated alkanes) is 7. The largest absolute Gasteiger partial charge is 0.330 e. The minimum Gasteiger partial charge on any atom is -0.330 e. The molecule has 0 rings (SSSR count). The molecule has 0 aromatic rings. The molecule has 14 heavy (non-hydrogen) atoms. The quantitative estimate of drug-likeness (QED) is 0.458. The zero-order valence-electron chi connectivity index (χ0n) is 10.2. The summed E-state index contributed by atoms with van der Waals surface area (Å²) < 4.78 is 0. The van der Waals surface area contributed by atoms with Gasteiger partial charge in [0.1, 0.15) is 0 Å². The van der Waals surface area contributed by atoms with Crippen molar-refractivity contribution in [3.63, 3.8) is 0 Å². The Morgan fingerprint density at radius 2 is 1.29 bits per heavy atom. The van der Waals surface area contributed by atoms with Gasteiger partial charge < -0.3 is 5.73 Å². The van der Waals surface area contributed by atoms with E-state index in [0.717, 1.165) is 6.54 Å². The van der Waals surface area contributed by atoms with Gasteiger partial charge in [0.25, 0.3) is 0 Å². The van der Waals surface area contributed by atoms with E-state index in [1.807, 2.05) is 6.92 Å². The average Bonchev–Trinajstić information content (AvgIpc) is 2.18. The highest BCUT2D eigenvalue weighted by molar-refractivity contribution is 4.51. The Bertz CT molecular complexity index is 81.2. The predicted molar refractivity (Wildman–Crippen MR) is 67.5 cm³/mol. The Hall–Kier alpha value is -0.300. The van der Waals surface area contributed by atoms with Crippen LogP contribution in [0, 0.1) is 0 Å². The van der Waals surface area contributed by atoms with Crippen molar-refractivity contribution in [1.82, 2.24) is 0 Å². The van der Waals surface area contributed by atoms with Crippen LogP contribution >= 0.6 is 0 Å². The lowest BCUT2D eigenvalue weighted by atomic mass is 10.1. The van der Waals surface area contributed by atoms with Gasteiger partial charge in [-0.25, -0.2) is 0 Å². The highest BCUT2D eigenvalue weighted by Crippen LogP contribution is 2.07. The molecular formula is C13H29N. The van der Waals surface area contributed by atoms with E-state index in [1.54, 1.807) is 6.08 Å². The maximum absolute atomic E-state index is 5.39. The minimum absolute atomic E-state index is 0.870. The van der Waals surface area contributed by atoms with E-state index in [-0.39, 0.29) is 0 Å². The topological polar surface area (TPSA) is 26.0 Å². The molecule has 0 amide bonds. The minimum atomic E-state index is 0.870. The van der Waals surface area contributed by atoms with Crippen molar-refractivity contribution in [2.75, 3.05) is 6.54 Å². The van der Waals surface area contributed by atoms with Crippen LogP contribution in [-0.2, 0) is 0 Å². The molecule has 0 atom stereocenters. The molecule has 0 unspecified atom stereocenters. The molecule has 86 valence electrons. The summed E-state index contributed by atoms with van der Waals surface area (Å²) in [4.78, 5) is 0. The Kier molecular flexibility index (Phi) is 21.3. The maximum Gasteiger partial charge on any atom is -0.00773 e. The van der Waals surface area contributed by atoms with Crippen LogP contribution in [0.5, 0.6) is 0 Å². The van der Waals surface area contributed by atoms with Crippen molar-refractivity contribution in [3.05, 3.63) is 12.7 Å². The SMILES string of the molecule is C=CC.CCCCCCCCCCN. The molecule has 0 aliphatic heterocycles. The molecule has 0 saturated carbocycles. The van der Waals surface area contributed by atoms with Gasteiger partial charge in [-0.3, -0.25) is 0 Å². The highest BCUT2D eigenvalue weighted by atomic mass is 14.5. The number of rotatable bonds is 8. The first-order valence-electron chi connectivity index (χ1n) is 6.10. The molecule has 0 saturated heterocycles. The molecule has 2 N–H and O–H groups in total. The van der Waals surface area contributed by atoms with E-state index in [2.05, 4.69) is 13.5 Å². The first-order valence-corrected chi connectivity index (χ1v) is 6.10. The number of nitrogens with two attached hydrogens (primary N) is 1. The van der Waals surface area contributed by atoms with Gasteiger partial charge in [0.05, 0.1) is 0 Å². The van der Waals surface area contributed by atoms with Crippen LogP contribution in [0.2, 0.25) is 0 Å². The van der Waals surface area contributed by atoms with Crippen LogP contribution in [0.3, 0.4) is 0 Å². The van der Waals surface area contributed by atoms with Gasteiger partial charge in [-0.15, -0.1) is 6.58 Å². The van der Waals surface area contributed by atoms with Crippen molar-refractivity contribution in [1.29, 1.82) is 0 Å². The number of allylic oxidation sites excluding steroid dienone is 1. The Morgan fingerprint density at radius 1 is 0.929 bits per heavy atom. The van der Waals surface area contributed by atoms with E-state index < -0.39 is 0 Å². The van der Waals surface area contributed by atoms with Crippen molar-refractivity contribution in [2.24, 2.45) is 5.73 Å². The zero-order chi connectivity index (χ0) is 11.1. The van der Waals surface area contributed by atoms with Crippen LogP contribution < -0.4 is 5.73 Å². The highest BCUT2D eigenvalue weighted by Gasteiger charge is 1.89. The molecule has 0 heterocycles. The second kappa shape index (κ2) is 18.5. The summed E-state index contributed by atoms with van der Waals surface area (Å²) in [5.41, 5.74) is 5.39. The van der Waals surface area contributed by atoms with Crippen molar-refractivity contribution >= 4 is 0 Å². The fourth-order valence-electron chi connectivity index (χ4n) is 1.28. The van der Waals surface area contributed by atoms with E-state index in [1.165, 1.54) is 51.4 Å². The van der Waals surface area contributed by atoms with Crippen LogP contribution in [0.25, 0.3) is 0 Å². The normalized spacial score (nSPS) is 9.07. The molecule has 0 bridgehead atoms. The predicted octanol–water partition coefficient (Wildman–Crippen LogP) is 4.28. The van der Waals surface area contributed by atoms with Crippen molar-refractivity contribution in [3.8, 4) is 0 Å². The molecule has 1 heteroatoms. The standard InChI is InChI=1S/C10H23N.C3H6/c1-2-3-4-5-6-7-8-9-10-11;1-3-2/h2-11H2,1H3;3H,1H2,2H3. The first-order chi connectivity index (χ1) is 6.83. The van der Waals surface area contributed by atoms with Gasteiger partial charge in [-0.1, -0.05) is 57.9 Å². The lowest BCUT2D eigenvalue weighted by Crippen LogP contribution is -1.97. The molecule has 0 fully saturated rings. The van der Waals surface area contributed by atoms with E-state index in [4.69, 9.17) is 5.73 Å². The maximum atomic E-state index is 5.39. The Balaban J connectivity index is 0. The van der Waals surface area contributed by atoms with Gasteiger partial charge in [0.15, 0.2) is 0 Å². The van der Waals surface area contributed by atoms with Crippen LogP contribution in [0.15, 0.2) is 12.7 Å². The van der Waals surface area contributed by atoms with Gasteiger partial charge in [0.2, 0.25) is 0 Å². The average molecular weight is 199 g/mol. The van der Waals surface area contributed by atoms with Gasteiger partial charge in [0, 0.05) is 0 Å². The summed E-state index contributed by atoms with van der Waals surface area (Å²) >= 11 is 0. The fraction of sp³-hybridized carbons (Fsp3) is 0.846. The summed E-state index contributed by atoms with van der Waals surface area (Å²) in [5.74, 6) is 0. The van der Waals surface area contributed by atoms with Gasteiger partial charge in [-0.05, 0) is 19.9 Å². The van der Waals surface area contributed by atoms with Crippen LogP contribution in [-0.4, -0.2) is 6.54 Å². The van der Waals surface area contributed by atoms with Crippen molar-refractivity contribution in [2.45, 2.75) is 65.2 Å². The summed E-state index contributed by atoms with van der Waals surface area (Å²) in [5, 5.41) is 0. The molecule has 0 aromatic carbocycles. The van der Waals surface area contributed by atoms with Gasteiger partial charge >= 0.3 is 0 Å². The summed E-state index contributed by atoms with van der Waals surface area (Å²) in [6.45, 7) is 8.38. The Labute approximate surface area is 90.8 Å². The first kappa shape index (κ1) is 16.1. The lowest BCUT2D eigenvalue weighted by Gasteiger charge is -1.99. The second-order valence-electron chi connectivity index (χ2n) is 3.67. The molecule has 1 nitrogen and oxygen atoms in total. The number of hydrogen-bond acceptors (Lipinski definition) is 1.